The average molecular weight is 244 g/mol. The largest absolute Gasteiger partial charge is 0.507 e. The van der Waals surface area contributed by atoms with Crippen LogP contribution in [0.15, 0.2) is 36.4 Å². The number of aromatic hydroxyl groups is 1. The summed E-state index contributed by atoms with van der Waals surface area (Å²) < 4.78 is 12.8. The highest BCUT2D eigenvalue weighted by Crippen LogP contribution is 2.26. The molecule has 0 amide bonds. The van der Waals surface area contributed by atoms with Crippen LogP contribution in [0.1, 0.15) is 27.0 Å². The number of rotatable bonds is 2. The number of phenolic OH excluding ortho intramolecular Hbond substituents is 1. The molecule has 0 aliphatic heterocycles. The van der Waals surface area contributed by atoms with Crippen molar-refractivity contribution in [1.29, 1.82) is 0 Å². The zero-order valence-corrected chi connectivity index (χ0v) is 10.2. The maximum absolute atomic E-state index is 12.8. The summed E-state index contributed by atoms with van der Waals surface area (Å²) in [5.74, 6) is -0.717. The maximum atomic E-state index is 12.8. The summed E-state index contributed by atoms with van der Waals surface area (Å²) in [4.78, 5) is 12.2. The summed E-state index contributed by atoms with van der Waals surface area (Å²) in [6.45, 7) is 3.59. The predicted molar refractivity (Wildman–Crippen MR) is 67.4 cm³/mol. The Morgan fingerprint density at radius 2 is 1.72 bits per heavy atom. The molecule has 0 aromatic heterocycles. The molecule has 92 valence electrons. The third-order valence-electron chi connectivity index (χ3n) is 2.80. The summed E-state index contributed by atoms with van der Waals surface area (Å²) >= 11 is 0. The normalized spacial score (nSPS) is 10.4. The minimum absolute atomic E-state index is 0.0186. The highest BCUT2D eigenvalue weighted by molar-refractivity contribution is 6.10. The van der Waals surface area contributed by atoms with Crippen molar-refractivity contribution >= 4 is 5.78 Å². The van der Waals surface area contributed by atoms with Crippen LogP contribution in [0.4, 0.5) is 4.39 Å². The lowest BCUT2D eigenvalue weighted by atomic mass is 9.98. The van der Waals surface area contributed by atoms with Crippen molar-refractivity contribution in [3.63, 3.8) is 0 Å². The Hall–Kier alpha value is -2.16. The fourth-order valence-electron chi connectivity index (χ4n) is 1.89. The summed E-state index contributed by atoms with van der Waals surface area (Å²) in [6.07, 6.45) is 0. The molecule has 3 heteroatoms. The van der Waals surface area contributed by atoms with E-state index in [1.807, 2.05) is 6.92 Å². The smallest absolute Gasteiger partial charge is 0.196 e. The second kappa shape index (κ2) is 4.61. The first-order chi connectivity index (χ1) is 8.49. The van der Waals surface area contributed by atoms with Crippen LogP contribution in [0.2, 0.25) is 0 Å². The second-order valence-corrected chi connectivity index (χ2v) is 4.31. The van der Waals surface area contributed by atoms with Crippen molar-refractivity contribution in [2.24, 2.45) is 0 Å². The zero-order chi connectivity index (χ0) is 13.3. The third-order valence-corrected chi connectivity index (χ3v) is 2.80. The van der Waals surface area contributed by atoms with Gasteiger partial charge < -0.3 is 5.11 Å². The molecular weight excluding hydrogens is 231 g/mol. The number of hydrogen-bond acceptors (Lipinski definition) is 2. The number of halogens is 1. The Morgan fingerprint density at radius 3 is 2.33 bits per heavy atom. The maximum Gasteiger partial charge on any atom is 0.196 e. The van der Waals surface area contributed by atoms with Gasteiger partial charge in [0.1, 0.15) is 11.6 Å². The van der Waals surface area contributed by atoms with Crippen molar-refractivity contribution in [3.8, 4) is 5.75 Å². The van der Waals surface area contributed by atoms with Gasteiger partial charge in [-0.1, -0.05) is 6.07 Å². The first kappa shape index (κ1) is 12.3. The Labute approximate surface area is 105 Å². The van der Waals surface area contributed by atoms with Crippen LogP contribution in [-0.2, 0) is 0 Å². The van der Waals surface area contributed by atoms with Gasteiger partial charge in [0.25, 0.3) is 0 Å². The van der Waals surface area contributed by atoms with Crippen LogP contribution in [0, 0.1) is 19.7 Å². The van der Waals surface area contributed by atoms with E-state index in [0.717, 1.165) is 5.56 Å². The van der Waals surface area contributed by atoms with Crippen LogP contribution in [-0.4, -0.2) is 10.9 Å². The van der Waals surface area contributed by atoms with Gasteiger partial charge >= 0.3 is 0 Å². The number of hydrogen-bond donors (Lipinski definition) is 1. The van der Waals surface area contributed by atoms with E-state index in [4.69, 9.17) is 0 Å². The molecule has 0 saturated carbocycles. The molecule has 1 N–H and O–H groups in total. The number of carbonyl (C=O) groups is 1. The fourth-order valence-corrected chi connectivity index (χ4v) is 1.89. The first-order valence-corrected chi connectivity index (χ1v) is 5.59. The fraction of sp³-hybridized carbons (Fsp3) is 0.133. The van der Waals surface area contributed by atoms with E-state index in [1.54, 1.807) is 19.1 Å². The van der Waals surface area contributed by atoms with Gasteiger partial charge in [-0.25, -0.2) is 4.39 Å². The topological polar surface area (TPSA) is 37.3 Å². The van der Waals surface area contributed by atoms with E-state index in [-0.39, 0.29) is 17.1 Å². The molecule has 0 saturated heterocycles. The summed E-state index contributed by atoms with van der Waals surface area (Å²) in [6, 6.07) is 8.72. The van der Waals surface area contributed by atoms with Gasteiger partial charge in [0.15, 0.2) is 5.78 Å². The number of benzene rings is 2. The summed E-state index contributed by atoms with van der Waals surface area (Å²) in [5, 5.41) is 9.91. The molecule has 2 nitrogen and oxygen atoms in total. The van der Waals surface area contributed by atoms with Crippen LogP contribution < -0.4 is 0 Å². The van der Waals surface area contributed by atoms with Gasteiger partial charge in [0.2, 0.25) is 0 Å². The third kappa shape index (κ3) is 2.25. The minimum atomic E-state index is -0.392. The van der Waals surface area contributed by atoms with E-state index in [9.17, 15) is 14.3 Å². The van der Waals surface area contributed by atoms with Gasteiger partial charge in [-0.2, -0.15) is 0 Å². The van der Waals surface area contributed by atoms with E-state index in [0.29, 0.717) is 11.1 Å². The lowest BCUT2D eigenvalue weighted by Gasteiger charge is -2.08. The SMILES string of the molecule is Cc1cc(C)c(O)c(C(=O)c2ccc(F)cc2)c1. The molecule has 0 aliphatic rings. The number of ketones is 1. The quantitative estimate of drug-likeness (QED) is 0.822. The monoisotopic (exact) mass is 244 g/mol. The predicted octanol–water partition coefficient (Wildman–Crippen LogP) is 3.38. The van der Waals surface area contributed by atoms with Gasteiger partial charge in [0.05, 0.1) is 5.56 Å². The lowest BCUT2D eigenvalue weighted by Crippen LogP contribution is -2.03. The molecule has 0 spiro atoms. The van der Waals surface area contributed by atoms with Gasteiger partial charge in [0, 0.05) is 5.56 Å². The average Bonchev–Trinajstić information content (AvgIpc) is 2.34. The molecule has 2 aromatic carbocycles. The molecule has 0 radical (unpaired) electrons. The highest BCUT2D eigenvalue weighted by Gasteiger charge is 2.15. The summed E-state index contributed by atoms with van der Waals surface area (Å²) in [5.41, 5.74) is 2.16. The molecular formula is C15H13FO2. The van der Waals surface area contributed by atoms with Crippen LogP contribution >= 0.6 is 0 Å². The van der Waals surface area contributed by atoms with Crippen molar-refractivity contribution in [3.05, 3.63) is 64.5 Å². The zero-order valence-electron chi connectivity index (χ0n) is 10.2. The summed E-state index contributed by atoms with van der Waals surface area (Å²) in [7, 11) is 0. The standard InChI is InChI=1S/C15H13FO2/c1-9-7-10(2)14(17)13(8-9)15(18)11-3-5-12(16)6-4-11/h3-8,17H,1-2H3. The molecule has 2 aromatic rings. The van der Waals surface area contributed by atoms with E-state index >= 15 is 0 Å². The molecule has 0 heterocycles. The molecule has 2 rings (SSSR count). The van der Waals surface area contributed by atoms with Crippen LogP contribution in [0.25, 0.3) is 0 Å². The van der Waals surface area contributed by atoms with E-state index < -0.39 is 5.82 Å². The van der Waals surface area contributed by atoms with Crippen molar-refractivity contribution in [2.75, 3.05) is 0 Å². The Bertz CT molecular complexity index is 601. The minimum Gasteiger partial charge on any atom is -0.507 e. The lowest BCUT2D eigenvalue weighted by molar-refractivity contribution is 0.103. The Balaban J connectivity index is 2.49. The van der Waals surface area contributed by atoms with Gasteiger partial charge in [-0.3, -0.25) is 4.79 Å². The number of aryl methyl sites for hydroxylation is 2. The van der Waals surface area contributed by atoms with E-state index in [2.05, 4.69) is 0 Å². The first-order valence-electron chi connectivity index (χ1n) is 5.59. The Kier molecular flexibility index (Phi) is 3.15. The van der Waals surface area contributed by atoms with Crippen molar-refractivity contribution < 1.29 is 14.3 Å². The second-order valence-electron chi connectivity index (χ2n) is 4.31. The van der Waals surface area contributed by atoms with Crippen molar-refractivity contribution in [1.82, 2.24) is 0 Å². The van der Waals surface area contributed by atoms with Crippen LogP contribution in [0.5, 0.6) is 5.75 Å². The van der Waals surface area contributed by atoms with Gasteiger partial charge in [-0.05, 0) is 55.3 Å². The Morgan fingerprint density at radius 1 is 1.11 bits per heavy atom. The molecule has 0 fully saturated rings. The molecule has 0 bridgehead atoms. The number of carbonyl (C=O) groups excluding carboxylic acids is 1. The molecule has 0 atom stereocenters. The van der Waals surface area contributed by atoms with E-state index in [1.165, 1.54) is 24.3 Å². The van der Waals surface area contributed by atoms with Gasteiger partial charge in [-0.15, -0.1) is 0 Å². The molecule has 0 unspecified atom stereocenters. The number of phenols is 1. The highest BCUT2D eigenvalue weighted by atomic mass is 19.1. The van der Waals surface area contributed by atoms with Crippen molar-refractivity contribution in [2.45, 2.75) is 13.8 Å². The van der Waals surface area contributed by atoms with Crippen LogP contribution in [0.3, 0.4) is 0 Å². The molecule has 18 heavy (non-hydrogen) atoms. The molecule has 0 aliphatic carbocycles.